The zero-order chi connectivity index (χ0) is 21.9. The smallest absolute Gasteiger partial charge is 0.265 e. The molecule has 1 aliphatic heterocycles. The van der Waals surface area contributed by atoms with E-state index < -0.39 is 0 Å². The summed E-state index contributed by atoms with van der Waals surface area (Å²) in [5.74, 6) is 0.601. The Bertz CT molecular complexity index is 1200. The Morgan fingerprint density at radius 2 is 1.72 bits per heavy atom. The van der Waals surface area contributed by atoms with E-state index in [1.54, 1.807) is 29.8 Å². The van der Waals surface area contributed by atoms with Crippen molar-refractivity contribution in [1.82, 2.24) is 29.7 Å². The average molecular weight is 463 g/mol. The second-order valence-corrected chi connectivity index (χ2v) is 9.44. The molecule has 0 saturated carbocycles. The highest BCUT2D eigenvalue weighted by Crippen LogP contribution is 2.27. The number of thiazole rings is 2. The number of hydrogen-bond donors (Lipinski definition) is 0. The van der Waals surface area contributed by atoms with Crippen LogP contribution >= 0.6 is 22.7 Å². The summed E-state index contributed by atoms with van der Waals surface area (Å²) in [7, 11) is 0. The van der Waals surface area contributed by atoms with Crippen molar-refractivity contribution in [2.24, 2.45) is 0 Å². The van der Waals surface area contributed by atoms with E-state index in [1.807, 2.05) is 30.0 Å². The Morgan fingerprint density at radius 1 is 0.969 bits per heavy atom. The Balaban J connectivity index is 1.20. The monoisotopic (exact) mass is 462 g/mol. The van der Waals surface area contributed by atoms with Gasteiger partial charge in [-0.05, 0) is 13.0 Å². The van der Waals surface area contributed by atoms with E-state index in [0.717, 1.165) is 41.6 Å². The summed E-state index contributed by atoms with van der Waals surface area (Å²) in [6.07, 6.45) is 3.37. The molecule has 5 rings (SSSR count). The third-order valence-corrected chi connectivity index (χ3v) is 7.45. The van der Waals surface area contributed by atoms with Gasteiger partial charge in [0, 0.05) is 56.1 Å². The van der Waals surface area contributed by atoms with E-state index >= 15 is 0 Å². The molecule has 0 atom stereocenters. The molecule has 7 nitrogen and oxygen atoms in total. The lowest BCUT2D eigenvalue weighted by Gasteiger charge is -2.34. The van der Waals surface area contributed by atoms with Gasteiger partial charge in [0.15, 0.2) is 10.8 Å². The number of piperazine rings is 1. The van der Waals surface area contributed by atoms with Gasteiger partial charge in [0.1, 0.15) is 9.88 Å². The molecule has 4 heterocycles. The van der Waals surface area contributed by atoms with Crippen molar-refractivity contribution in [2.75, 3.05) is 26.2 Å². The number of rotatable bonds is 5. The second kappa shape index (κ2) is 9.23. The highest BCUT2D eigenvalue weighted by Gasteiger charge is 2.26. The van der Waals surface area contributed by atoms with E-state index in [4.69, 9.17) is 4.98 Å². The van der Waals surface area contributed by atoms with Gasteiger partial charge in [-0.25, -0.2) is 19.9 Å². The van der Waals surface area contributed by atoms with Crippen LogP contribution in [0.3, 0.4) is 0 Å². The molecule has 0 bridgehead atoms. The van der Waals surface area contributed by atoms with Crippen molar-refractivity contribution in [2.45, 2.75) is 13.5 Å². The van der Waals surface area contributed by atoms with E-state index in [2.05, 4.69) is 37.4 Å². The summed E-state index contributed by atoms with van der Waals surface area (Å²) in [6, 6.07) is 12.0. The number of aryl methyl sites for hydroxylation is 1. The Kier molecular flexibility index (Phi) is 6.02. The van der Waals surface area contributed by atoms with Crippen LogP contribution in [0.15, 0.2) is 54.2 Å². The van der Waals surface area contributed by atoms with E-state index in [0.29, 0.717) is 28.8 Å². The second-order valence-electron chi connectivity index (χ2n) is 7.58. The molecule has 0 aliphatic carbocycles. The molecule has 0 radical (unpaired) electrons. The molecule has 1 aromatic carbocycles. The number of nitrogens with zero attached hydrogens (tertiary/aromatic N) is 6. The zero-order valence-electron chi connectivity index (χ0n) is 17.6. The summed E-state index contributed by atoms with van der Waals surface area (Å²) >= 11 is 3.05. The van der Waals surface area contributed by atoms with Crippen LogP contribution in [0.5, 0.6) is 0 Å². The third-order valence-electron chi connectivity index (χ3n) is 5.37. The van der Waals surface area contributed by atoms with Crippen molar-refractivity contribution < 1.29 is 4.79 Å². The summed E-state index contributed by atoms with van der Waals surface area (Å²) in [5.41, 5.74) is 2.97. The topological polar surface area (TPSA) is 75.1 Å². The van der Waals surface area contributed by atoms with Crippen LogP contribution in [0.1, 0.15) is 21.1 Å². The van der Waals surface area contributed by atoms with Crippen LogP contribution in [0, 0.1) is 6.92 Å². The summed E-state index contributed by atoms with van der Waals surface area (Å²) in [4.78, 5) is 35.9. The summed E-state index contributed by atoms with van der Waals surface area (Å²) < 4.78 is 0. The minimum Gasteiger partial charge on any atom is -0.335 e. The molecular weight excluding hydrogens is 440 g/mol. The third kappa shape index (κ3) is 4.45. The standard InChI is InChI=1S/C23H22N6OS2/c1-16-19(32-22(26-16)20-24-8-5-9-25-20)23(30)29-12-10-28(11-13-29)14-18-15-31-21(27-18)17-6-3-2-4-7-17/h2-9,15H,10-14H2,1H3. The van der Waals surface area contributed by atoms with Crippen LogP contribution in [-0.4, -0.2) is 61.8 Å². The molecule has 3 aromatic heterocycles. The first-order valence-corrected chi connectivity index (χ1v) is 12.1. The molecule has 0 N–H and O–H groups in total. The van der Waals surface area contributed by atoms with Crippen LogP contribution in [0.4, 0.5) is 0 Å². The molecule has 0 unspecified atom stereocenters. The van der Waals surface area contributed by atoms with E-state index in [9.17, 15) is 4.79 Å². The Morgan fingerprint density at radius 3 is 2.47 bits per heavy atom. The fourth-order valence-electron chi connectivity index (χ4n) is 3.67. The molecule has 9 heteroatoms. The lowest BCUT2D eigenvalue weighted by Crippen LogP contribution is -2.48. The maximum Gasteiger partial charge on any atom is 0.265 e. The highest BCUT2D eigenvalue weighted by atomic mass is 32.1. The van der Waals surface area contributed by atoms with Crippen LogP contribution in [0.25, 0.3) is 21.4 Å². The predicted molar refractivity (Wildman–Crippen MR) is 127 cm³/mol. The van der Waals surface area contributed by atoms with Crippen LogP contribution in [-0.2, 0) is 6.54 Å². The minimum absolute atomic E-state index is 0.0434. The normalized spacial score (nSPS) is 14.6. The maximum atomic E-state index is 13.1. The number of carbonyl (C=O) groups excluding carboxylic acids is 1. The number of benzene rings is 1. The number of carbonyl (C=O) groups is 1. The van der Waals surface area contributed by atoms with Crippen molar-refractivity contribution in [3.8, 4) is 21.4 Å². The van der Waals surface area contributed by atoms with Crippen LogP contribution in [0.2, 0.25) is 0 Å². The van der Waals surface area contributed by atoms with Gasteiger partial charge in [-0.3, -0.25) is 9.69 Å². The average Bonchev–Trinajstić information content (AvgIpc) is 3.47. The molecule has 162 valence electrons. The van der Waals surface area contributed by atoms with Crippen molar-refractivity contribution >= 4 is 28.6 Å². The van der Waals surface area contributed by atoms with E-state index in [1.165, 1.54) is 11.3 Å². The summed E-state index contributed by atoms with van der Waals surface area (Å²) in [5, 5.41) is 3.87. The van der Waals surface area contributed by atoms with E-state index in [-0.39, 0.29) is 5.91 Å². The highest BCUT2D eigenvalue weighted by molar-refractivity contribution is 7.17. The van der Waals surface area contributed by atoms with Gasteiger partial charge in [-0.1, -0.05) is 30.3 Å². The van der Waals surface area contributed by atoms with Gasteiger partial charge < -0.3 is 4.90 Å². The van der Waals surface area contributed by atoms with Gasteiger partial charge in [0.2, 0.25) is 0 Å². The van der Waals surface area contributed by atoms with Gasteiger partial charge in [-0.15, -0.1) is 22.7 Å². The Hall–Kier alpha value is -3.01. The number of hydrogen-bond acceptors (Lipinski definition) is 8. The molecule has 0 spiro atoms. The molecule has 1 amide bonds. The van der Waals surface area contributed by atoms with Gasteiger partial charge >= 0.3 is 0 Å². The largest absolute Gasteiger partial charge is 0.335 e. The first-order valence-electron chi connectivity index (χ1n) is 10.4. The van der Waals surface area contributed by atoms with Gasteiger partial charge in [0.25, 0.3) is 5.91 Å². The van der Waals surface area contributed by atoms with Gasteiger partial charge in [-0.2, -0.15) is 0 Å². The quantitative estimate of drug-likeness (QED) is 0.446. The SMILES string of the molecule is Cc1nc(-c2ncccn2)sc1C(=O)N1CCN(Cc2csc(-c3ccccc3)n2)CC1. The molecule has 4 aromatic rings. The van der Waals surface area contributed by atoms with Crippen molar-refractivity contribution in [3.05, 3.63) is 70.4 Å². The first kappa shape index (κ1) is 20.9. The molecule has 1 fully saturated rings. The first-order chi connectivity index (χ1) is 15.7. The predicted octanol–water partition coefficient (Wildman–Crippen LogP) is 3.99. The fourth-order valence-corrected chi connectivity index (χ4v) is 5.47. The lowest BCUT2D eigenvalue weighted by molar-refractivity contribution is 0.0631. The number of amides is 1. The van der Waals surface area contributed by atoms with Crippen molar-refractivity contribution in [3.63, 3.8) is 0 Å². The lowest BCUT2D eigenvalue weighted by atomic mass is 10.2. The summed E-state index contributed by atoms with van der Waals surface area (Å²) in [6.45, 7) is 5.73. The molecular formula is C23H22N6OS2. The molecule has 1 saturated heterocycles. The minimum atomic E-state index is 0.0434. The number of aromatic nitrogens is 4. The maximum absolute atomic E-state index is 13.1. The molecule has 32 heavy (non-hydrogen) atoms. The van der Waals surface area contributed by atoms with Gasteiger partial charge in [0.05, 0.1) is 11.4 Å². The Labute approximate surface area is 194 Å². The fraction of sp³-hybridized carbons (Fsp3) is 0.261. The van der Waals surface area contributed by atoms with Crippen LogP contribution < -0.4 is 0 Å². The van der Waals surface area contributed by atoms with Crippen molar-refractivity contribution in [1.29, 1.82) is 0 Å². The molecule has 1 aliphatic rings. The zero-order valence-corrected chi connectivity index (χ0v) is 19.3.